The maximum absolute atomic E-state index is 9.86. The van der Waals surface area contributed by atoms with Crippen molar-refractivity contribution < 1.29 is 9.84 Å². The molecule has 0 unspecified atom stereocenters. The first kappa shape index (κ1) is 23.1. The Morgan fingerprint density at radius 1 is 1.06 bits per heavy atom. The second-order valence-electron chi connectivity index (χ2n) is 9.01. The van der Waals surface area contributed by atoms with Crippen molar-refractivity contribution in [3.8, 4) is 11.5 Å². The smallest absolute Gasteiger partial charge is 0.225 e. The van der Waals surface area contributed by atoms with Crippen LogP contribution in [0, 0.1) is 5.92 Å². The van der Waals surface area contributed by atoms with Crippen molar-refractivity contribution in [2.75, 3.05) is 37.5 Å². The van der Waals surface area contributed by atoms with Gasteiger partial charge in [0, 0.05) is 32.1 Å². The molecule has 1 fully saturated rings. The summed E-state index contributed by atoms with van der Waals surface area (Å²) >= 11 is 0. The molecule has 0 saturated heterocycles. The Kier molecular flexibility index (Phi) is 7.50. The number of para-hydroxylation sites is 1. The molecule has 0 amide bonds. The number of phenolic OH excluding ortho intramolecular Hbond substituents is 1. The molecule has 1 aliphatic carbocycles. The van der Waals surface area contributed by atoms with Crippen LogP contribution in [0.2, 0.25) is 0 Å². The molecule has 1 aromatic heterocycles. The standard InChI is InChI=1S/C26H35N5O2/c1-4-33-24-15-19(11-14-23(24)32)17-27-16-18-9-12-20(13-10-18)28-26-29-22-8-6-5-7-21(22)25(30-26)31(2)3/h5-8,11,14-15,18,20,27,32H,4,9-10,12-13,16-17H2,1-3H3,(H,28,29,30). The van der Waals surface area contributed by atoms with E-state index in [1.165, 1.54) is 12.8 Å². The zero-order valence-electron chi connectivity index (χ0n) is 19.8. The van der Waals surface area contributed by atoms with Crippen molar-refractivity contribution in [1.29, 1.82) is 0 Å². The minimum atomic E-state index is 0.194. The lowest BCUT2D eigenvalue weighted by Crippen LogP contribution is -2.31. The van der Waals surface area contributed by atoms with E-state index in [4.69, 9.17) is 14.7 Å². The number of aromatic hydroxyl groups is 1. The van der Waals surface area contributed by atoms with Gasteiger partial charge >= 0.3 is 0 Å². The molecule has 1 saturated carbocycles. The third-order valence-corrected chi connectivity index (χ3v) is 6.27. The largest absolute Gasteiger partial charge is 0.504 e. The van der Waals surface area contributed by atoms with Crippen molar-refractivity contribution in [3.63, 3.8) is 0 Å². The highest BCUT2D eigenvalue weighted by atomic mass is 16.5. The number of fused-ring (bicyclic) bond motifs is 1. The van der Waals surface area contributed by atoms with Crippen LogP contribution in [0.4, 0.5) is 11.8 Å². The van der Waals surface area contributed by atoms with Gasteiger partial charge in [0.2, 0.25) is 5.95 Å². The first-order valence-corrected chi connectivity index (χ1v) is 11.9. The van der Waals surface area contributed by atoms with Gasteiger partial charge in [0.15, 0.2) is 11.5 Å². The summed E-state index contributed by atoms with van der Waals surface area (Å²) in [6.07, 6.45) is 4.60. The molecule has 2 aromatic carbocycles. The Balaban J connectivity index is 1.27. The number of phenols is 1. The molecule has 33 heavy (non-hydrogen) atoms. The summed E-state index contributed by atoms with van der Waals surface area (Å²) in [5, 5.41) is 18.1. The molecule has 1 aliphatic rings. The summed E-state index contributed by atoms with van der Waals surface area (Å²) < 4.78 is 5.48. The lowest BCUT2D eigenvalue weighted by atomic mass is 9.86. The number of anilines is 2. The summed E-state index contributed by atoms with van der Waals surface area (Å²) in [6, 6.07) is 14.1. The molecule has 1 heterocycles. The lowest BCUT2D eigenvalue weighted by molar-refractivity contribution is 0.316. The summed E-state index contributed by atoms with van der Waals surface area (Å²) in [5.41, 5.74) is 2.09. The Morgan fingerprint density at radius 3 is 2.61 bits per heavy atom. The van der Waals surface area contributed by atoms with E-state index < -0.39 is 0 Å². The van der Waals surface area contributed by atoms with E-state index in [-0.39, 0.29) is 5.75 Å². The van der Waals surface area contributed by atoms with Crippen LogP contribution in [0.15, 0.2) is 42.5 Å². The molecule has 0 spiro atoms. The molecule has 3 aromatic rings. The van der Waals surface area contributed by atoms with E-state index in [0.717, 1.165) is 54.2 Å². The number of benzene rings is 2. The Labute approximate surface area is 196 Å². The second kappa shape index (κ2) is 10.7. The predicted octanol–water partition coefficient (Wildman–Crippen LogP) is 4.56. The average molecular weight is 450 g/mol. The number of nitrogens with one attached hydrogen (secondary N) is 2. The molecule has 0 aliphatic heterocycles. The van der Waals surface area contributed by atoms with Gasteiger partial charge in [-0.1, -0.05) is 18.2 Å². The highest BCUT2D eigenvalue weighted by Gasteiger charge is 2.22. The number of hydrogen-bond donors (Lipinski definition) is 3. The number of aromatic nitrogens is 2. The van der Waals surface area contributed by atoms with Crippen molar-refractivity contribution in [3.05, 3.63) is 48.0 Å². The third kappa shape index (κ3) is 5.85. The van der Waals surface area contributed by atoms with E-state index in [9.17, 15) is 5.11 Å². The SMILES string of the molecule is CCOc1cc(CNCC2CCC(Nc3nc(N(C)C)c4ccccc4n3)CC2)ccc1O. The number of hydrogen-bond acceptors (Lipinski definition) is 7. The highest BCUT2D eigenvalue weighted by Crippen LogP contribution is 2.29. The van der Waals surface area contributed by atoms with Gasteiger partial charge in [0.1, 0.15) is 5.82 Å². The lowest BCUT2D eigenvalue weighted by Gasteiger charge is -2.29. The van der Waals surface area contributed by atoms with Crippen LogP contribution in [0.3, 0.4) is 0 Å². The zero-order valence-corrected chi connectivity index (χ0v) is 19.8. The van der Waals surface area contributed by atoms with Crippen molar-refractivity contribution >= 4 is 22.7 Å². The van der Waals surface area contributed by atoms with Gasteiger partial charge in [-0.2, -0.15) is 4.98 Å². The summed E-state index contributed by atoms with van der Waals surface area (Å²) in [4.78, 5) is 11.6. The zero-order chi connectivity index (χ0) is 23.2. The first-order valence-electron chi connectivity index (χ1n) is 11.9. The van der Waals surface area contributed by atoms with E-state index >= 15 is 0 Å². The summed E-state index contributed by atoms with van der Waals surface area (Å²) in [5.74, 6) is 3.08. The Hall–Kier alpha value is -3.06. The highest BCUT2D eigenvalue weighted by molar-refractivity contribution is 5.90. The van der Waals surface area contributed by atoms with Crippen molar-refractivity contribution in [2.45, 2.75) is 45.2 Å². The third-order valence-electron chi connectivity index (χ3n) is 6.27. The molecular formula is C26H35N5O2. The van der Waals surface area contributed by atoms with E-state index in [0.29, 0.717) is 24.3 Å². The number of rotatable bonds is 9. The van der Waals surface area contributed by atoms with Crippen molar-refractivity contribution in [2.24, 2.45) is 5.92 Å². The van der Waals surface area contributed by atoms with Crippen LogP contribution in [0.1, 0.15) is 38.2 Å². The normalized spacial score (nSPS) is 18.3. The number of nitrogens with zero attached hydrogens (tertiary/aromatic N) is 3. The topological polar surface area (TPSA) is 82.5 Å². The van der Waals surface area contributed by atoms with Gasteiger partial charge in [-0.05, 0) is 74.9 Å². The van der Waals surface area contributed by atoms with Gasteiger partial charge < -0.3 is 25.4 Å². The molecule has 4 rings (SSSR count). The summed E-state index contributed by atoms with van der Waals surface area (Å²) in [6.45, 7) is 4.23. The monoisotopic (exact) mass is 449 g/mol. The molecule has 3 N–H and O–H groups in total. The molecule has 7 heteroatoms. The van der Waals surface area contributed by atoms with Gasteiger partial charge in [-0.25, -0.2) is 4.98 Å². The fraction of sp³-hybridized carbons (Fsp3) is 0.462. The Morgan fingerprint density at radius 2 is 1.85 bits per heavy atom. The summed E-state index contributed by atoms with van der Waals surface area (Å²) in [7, 11) is 4.04. The molecule has 0 radical (unpaired) electrons. The predicted molar refractivity (Wildman–Crippen MR) is 134 cm³/mol. The van der Waals surface area contributed by atoms with Crippen LogP contribution in [-0.4, -0.2) is 48.4 Å². The molecular weight excluding hydrogens is 414 g/mol. The van der Waals surface area contributed by atoms with Crippen LogP contribution in [0.5, 0.6) is 11.5 Å². The minimum absolute atomic E-state index is 0.194. The second-order valence-corrected chi connectivity index (χ2v) is 9.01. The van der Waals surface area contributed by atoms with E-state index in [1.54, 1.807) is 6.07 Å². The van der Waals surface area contributed by atoms with Crippen LogP contribution in [0.25, 0.3) is 10.9 Å². The van der Waals surface area contributed by atoms with Crippen molar-refractivity contribution in [1.82, 2.24) is 15.3 Å². The van der Waals surface area contributed by atoms with Gasteiger partial charge in [0.25, 0.3) is 0 Å². The van der Waals surface area contributed by atoms with E-state index in [2.05, 4.69) is 16.7 Å². The molecule has 176 valence electrons. The maximum atomic E-state index is 9.86. The van der Waals surface area contributed by atoms with Crippen LogP contribution < -0.4 is 20.3 Å². The Bertz CT molecular complexity index is 1060. The minimum Gasteiger partial charge on any atom is -0.504 e. The molecule has 7 nitrogen and oxygen atoms in total. The number of ether oxygens (including phenoxy) is 1. The fourth-order valence-corrected chi connectivity index (χ4v) is 4.52. The molecule has 0 bridgehead atoms. The molecule has 0 atom stereocenters. The average Bonchev–Trinajstić information content (AvgIpc) is 2.82. The van der Waals surface area contributed by atoms with Gasteiger partial charge in [-0.15, -0.1) is 0 Å². The van der Waals surface area contributed by atoms with Gasteiger partial charge in [0.05, 0.1) is 12.1 Å². The first-order chi connectivity index (χ1) is 16.0. The quantitative estimate of drug-likeness (QED) is 0.442. The van der Waals surface area contributed by atoms with Crippen LogP contribution >= 0.6 is 0 Å². The maximum Gasteiger partial charge on any atom is 0.225 e. The van der Waals surface area contributed by atoms with Crippen LogP contribution in [-0.2, 0) is 6.54 Å². The fourth-order valence-electron chi connectivity index (χ4n) is 4.52. The van der Waals surface area contributed by atoms with E-state index in [1.807, 2.05) is 56.3 Å². The van der Waals surface area contributed by atoms with Gasteiger partial charge in [-0.3, -0.25) is 0 Å².